The van der Waals surface area contributed by atoms with E-state index in [1.54, 1.807) is 25.1 Å². The largest absolute Gasteiger partial charge is 0.490 e. The maximum Gasteiger partial charge on any atom is 0.325 e. The Labute approximate surface area is 204 Å². The van der Waals surface area contributed by atoms with Gasteiger partial charge in [0.2, 0.25) is 0 Å². The van der Waals surface area contributed by atoms with Crippen LogP contribution >= 0.6 is 0 Å². The summed E-state index contributed by atoms with van der Waals surface area (Å²) < 4.78 is 19.3. The molecule has 2 saturated heterocycles. The number of carbonyl (C=O) groups is 3. The van der Waals surface area contributed by atoms with Crippen LogP contribution in [0.15, 0.2) is 24.3 Å². The highest BCUT2D eigenvalue weighted by Crippen LogP contribution is 2.36. The number of fused-ring (bicyclic) bond motifs is 1. The van der Waals surface area contributed by atoms with Crippen LogP contribution < -0.4 is 14.8 Å². The van der Waals surface area contributed by atoms with Crippen molar-refractivity contribution >= 4 is 17.7 Å². The molecule has 186 valence electrons. The number of carbonyl (C=O) groups excluding carboxylic acids is 3. The van der Waals surface area contributed by atoms with E-state index in [-0.39, 0.29) is 18.4 Å². The molecule has 4 heterocycles. The number of aromatic nitrogens is 1. The van der Waals surface area contributed by atoms with Crippen molar-refractivity contribution in [2.24, 2.45) is 0 Å². The summed E-state index contributed by atoms with van der Waals surface area (Å²) in [4.78, 5) is 40.5. The zero-order valence-corrected chi connectivity index (χ0v) is 20.4. The number of hydrogen-bond donors (Lipinski definition) is 1. The highest BCUT2D eigenvalue weighted by atomic mass is 16.5. The Morgan fingerprint density at radius 3 is 2.60 bits per heavy atom. The summed E-state index contributed by atoms with van der Waals surface area (Å²) in [5, 5.41) is 2.77. The third-order valence-electron chi connectivity index (χ3n) is 7.19. The van der Waals surface area contributed by atoms with Crippen LogP contribution in [0, 0.1) is 13.8 Å². The second-order valence-corrected chi connectivity index (χ2v) is 9.61. The molecule has 9 heteroatoms. The summed E-state index contributed by atoms with van der Waals surface area (Å²) in [5.74, 6) is 0.398. The number of urea groups is 1. The van der Waals surface area contributed by atoms with Crippen molar-refractivity contribution in [1.82, 2.24) is 14.8 Å². The van der Waals surface area contributed by atoms with Gasteiger partial charge in [0.15, 0.2) is 17.3 Å². The van der Waals surface area contributed by atoms with Crippen LogP contribution in [0.5, 0.6) is 11.5 Å². The number of amides is 3. The van der Waals surface area contributed by atoms with Gasteiger partial charge >= 0.3 is 6.03 Å². The van der Waals surface area contributed by atoms with E-state index in [1.165, 1.54) is 0 Å². The SMILES string of the molecule is Cc1cc(C(=O)CN2C(=O)NC(C)(c3ccc4c(c3)OCCCO4)C2=O)c(C)n1CC1CCCO1. The molecule has 2 atom stereocenters. The fraction of sp³-hybridized carbons (Fsp3) is 0.500. The van der Waals surface area contributed by atoms with Crippen LogP contribution in [-0.2, 0) is 21.6 Å². The normalized spacial score (nSPS) is 24.0. The topological polar surface area (TPSA) is 99.1 Å². The maximum atomic E-state index is 13.4. The van der Waals surface area contributed by atoms with Crippen LogP contribution in [0.25, 0.3) is 0 Å². The molecule has 1 aromatic carbocycles. The van der Waals surface area contributed by atoms with Crippen molar-refractivity contribution in [2.75, 3.05) is 26.4 Å². The molecule has 1 aromatic heterocycles. The summed E-state index contributed by atoms with van der Waals surface area (Å²) in [7, 11) is 0. The summed E-state index contributed by atoms with van der Waals surface area (Å²) in [5.41, 5.74) is 1.56. The second-order valence-electron chi connectivity index (χ2n) is 9.61. The molecule has 3 aliphatic heterocycles. The Balaban J connectivity index is 1.34. The van der Waals surface area contributed by atoms with Gasteiger partial charge < -0.3 is 24.1 Å². The predicted octanol–water partition coefficient (Wildman–Crippen LogP) is 3.10. The number of ether oxygens (including phenoxy) is 3. The second kappa shape index (κ2) is 9.03. The molecule has 2 unspecified atom stereocenters. The lowest BCUT2D eigenvalue weighted by molar-refractivity contribution is -0.130. The van der Waals surface area contributed by atoms with E-state index < -0.39 is 17.5 Å². The maximum absolute atomic E-state index is 13.4. The van der Waals surface area contributed by atoms with Gasteiger partial charge in [-0.15, -0.1) is 0 Å². The van der Waals surface area contributed by atoms with Crippen molar-refractivity contribution in [1.29, 1.82) is 0 Å². The molecule has 0 bridgehead atoms. The first-order valence-corrected chi connectivity index (χ1v) is 12.1. The zero-order chi connectivity index (χ0) is 24.7. The molecule has 3 aliphatic rings. The number of ketones is 1. The molecule has 35 heavy (non-hydrogen) atoms. The minimum Gasteiger partial charge on any atom is -0.490 e. The Kier molecular flexibility index (Phi) is 6.04. The van der Waals surface area contributed by atoms with Crippen molar-refractivity contribution in [3.8, 4) is 11.5 Å². The Morgan fingerprint density at radius 2 is 1.86 bits per heavy atom. The fourth-order valence-electron chi connectivity index (χ4n) is 5.10. The predicted molar refractivity (Wildman–Crippen MR) is 127 cm³/mol. The molecule has 3 amide bonds. The molecule has 2 aromatic rings. The van der Waals surface area contributed by atoms with Crippen LogP contribution in [0.4, 0.5) is 4.79 Å². The molecule has 0 saturated carbocycles. The van der Waals surface area contributed by atoms with Crippen molar-refractivity contribution in [2.45, 2.75) is 58.2 Å². The number of nitrogens with zero attached hydrogens (tertiary/aromatic N) is 2. The van der Waals surface area contributed by atoms with Gasteiger partial charge in [-0.05, 0) is 57.4 Å². The zero-order valence-electron chi connectivity index (χ0n) is 20.4. The highest BCUT2D eigenvalue weighted by molar-refractivity contribution is 6.11. The number of benzene rings is 1. The number of Topliss-reactive ketones (excluding diaryl/α,β-unsaturated/α-hetero) is 1. The van der Waals surface area contributed by atoms with Gasteiger partial charge in [0.05, 0.1) is 25.9 Å². The lowest BCUT2D eigenvalue weighted by Gasteiger charge is -2.23. The number of aryl methyl sites for hydroxylation is 1. The van der Waals surface area contributed by atoms with Crippen molar-refractivity contribution in [3.05, 3.63) is 46.8 Å². The number of hydrogen-bond acceptors (Lipinski definition) is 6. The number of nitrogens with one attached hydrogen (secondary N) is 1. The van der Waals surface area contributed by atoms with Crippen LogP contribution in [0.1, 0.15) is 53.5 Å². The minimum absolute atomic E-state index is 0.143. The molecule has 0 spiro atoms. The van der Waals surface area contributed by atoms with E-state index >= 15 is 0 Å². The molecule has 0 radical (unpaired) electrons. The Bertz CT molecular complexity index is 1180. The molecular formula is C26H31N3O6. The highest BCUT2D eigenvalue weighted by Gasteiger charge is 2.50. The van der Waals surface area contributed by atoms with Gasteiger partial charge in [0.25, 0.3) is 5.91 Å². The smallest absolute Gasteiger partial charge is 0.325 e. The van der Waals surface area contributed by atoms with Gasteiger partial charge in [-0.25, -0.2) is 4.79 Å². The van der Waals surface area contributed by atoms with E-state index in [9.17, 15) is 14.4 Å². The number of imide groups is 1. The first-order valence-electron chi connectivity index (χ1n) is 12.1. The first-order chi connectivity index (χ1) is 16.8. The third-order valence-corrected chi connectivity index (χ3v) is 7.19. The summed E-state index contributed by atoms with van der Waals surface area (Å²) in [6.07, 6.45) is 2.96. The quantitative estimate of drug-likeness (QED) is 0.503. The van der Waals surface area contributed by atoms with Crippen LogP contribution in [-0.4, -0.2) is 59.7 Å². The molecule has 2 fully saturated rings. The van der Waals surface area contributed by atoms with E-state index in [1.807, 2.05) is 19.9 Å². The average Bonchev–Trinajstić information content (AvgIpc) is 3.43. The van der Waals surface area contributed by atoms with Gasteiger partial charge in [-0.1, -0.05) is 6.07 Å². The number of rotatable bonds is 6. The van der Waals surface area contributed by atoms with Crippen LogP contribution in [0.2, 0.25) is 0 Å². The Morgan fingerprint density at radius 1 is 1.09 bits per heavy atom. The molecule has 0 aliphatic carbocycles. The molecule has 1 N–H and O–H groups in total. The monoisotopic (exact) mass is 481 g/mol. The Hall–Kier alpha value is -3.33. The van der Waals surface area contributed by atoms with Crippen molar-refractivity contribution in [3.63, 3.8) is 0 Å². The van der Waals surface area contributed by atoms with E-state index in [2.05, 4.69) is 9.88 Å². The van der Waals surface area contributed by atoms with E-state index in [0.29, 0.717) is 42.4 Å². The summed E-state index contributed by atoms with van der Waals surface area (Å²) >= 11 is 0. The van der Waals surface area contributed by atoms with Gasteiger partial charge in [0, 0.05) is 36.5 Å². The summed E-state index contributed by atoms with van der Waals surface area (Å²) in [6.45, 7) is 7.69. The fourth-order valence-corrected chi connectivity index (χ4v) is 5.10. The van der Waals surface area contributed by atoms with E-state index in [0.717, 1.165) is 42.2 Å². The van der Waals surface area contributed by atoms with Crippen LogP contribution in [0.3, 0.4) is 0 Å². The lowest BCUT2D eigenvalue weighted by Crippen LogP contribution is -2.41. The summed E-state index contributed by atoms with van der Waals surface area (Å²) in [6, 6.07) is 6.45. The third kappa shape index (κ3) is 4.18. The minimum atomic E-state index is -1.31. The van der Waals surface area contributed by atoms with Gasteiger partial charge in [0.1, 0.15) is 5.54 Å². The van der Waals surface area contributed by atoms with Gasteiger partial charge in [-0.2, -0.15) is 0 Å². The molecular weight excluding hydrogens is 450 g/mol. The lowest BCUT2D eigenvalue weighted by atomic mass is 9.91. The van der Waals surface area contributed by atoms with Crippen molar-refractivity contribution < 1.29 is 28.6 Å². The average molecular weight is 482 g/mol. The van der Waals surface area contributed by atoms with E-state index in [4.69, 9.17) is 14.2 Å². The first kappa shape index (κ1) is 23.4. The molecule has 5 rings (SSSR count). The van der Waals surface area contributed by atoms with Gasteiger partial charge in [-0.3, -0.25) is 14.5 Å². The molecule has 9 nitrogen and oxygen atoms in total. The standard InChI is InChI=1S/C26H31N3O6/c1-16-12-20(17(2)28(16)14-19-6-4-9-33-19)21(30)15-29-24(31)26(3,27-25(29)32)18-7-8-22-23(13-18)35-11-5-10-34-22/h7-8,12-13,19H,4-6,9-11,14-15H2,1-3H3,(H,27,32).